The summed E-state index contributed by atoms with van der Waals surface area (Å²) in [6, 6.07) is 0. The number of carbonyl (C=O) groups excluding carboxylic acids is 1. The van der Waals surface area contributed by atoms with Crippen LogP contribution in [0.5, 0.6) is 0 Å². The van der Waals surface area contributed by atoms with E-state index in [0.717, 1.165) is 24.0 Å². The van der Waals surface area contributed by atoms with Gasteiger partial charge in [-0.1, -0.05) is 6.58 Å². The molecule has 0 aromatic heterocycles. The maximum absolute atomic E-state index is 11.1. The Morgan fingerprint density at radius 2 is 1.76 bits per heavy atom. The number of hydrogen-bond acceptors (Lipinski definition) is 4. The highest BCUT2D eigenvalue weighted by molar-refractivity contribution is 7.72. The molecule has 0 aromatic carbocycles. The molecule has 0 saturated carbocycles. The van der Waals surface area contributed by atoms with E-state index in [4.69, 9.17) is 13.3 Å². The van der Waals surface area contributed by atoms with Crippen molar-refractivity contribution in [1.82, 2.24) is 5.32 Å². The van der Waals surface area contributed by atoms with Gasteiger partial charge in [-0.2, -0.15) is 0 Å². The van der Waals surface area contributed by atoms with E-state index < -0.39 is 11.4 Å². The Labute approximate surface area is 105 Å². The van der Waals surface area contributed by atoms with E-state index in [1.54, 1.807) is 6.92 Å². The Balaban J connectivity index is 0. The van der Waals surface area contributed by atoms with Crippen molar-refractivity contribution in [3.8, 4) is 0 Å². The molecule has 0 aliphatic carbocycles. The van der Waals surface area contributed by atoms with Gasteiger partial charge >= 0.3 is 0 Å². The fourth-order valence-electron chi connectivity index (χ4n) is 0.906. The van der Waals surface area contributed by atoms with E-state index in [0.29, 0.717) is 5.57 Å². The van der Waals surface area contributed by atoms with Gasteiger partial charge in [0.25, 0.3) is 0 Å². The van der Waals surface area contributed by atoms with E-state index in [1.165, 1.54) is 0 Å². The highest BCUT2D eigenvalue weighted by Crippen LogP contribution is 1.92. The Morgan fingerprint density at radius 3 is 2.06 bits per heavy atom. The summed E-state index contributed by atoms with van der Waals surface area (Å²) in [5.74, 6) is -0.0404. The molecular formula is C10H21N2O4S-. The number of nitrogens with zero attached hydrogens (tertiary/aromatic N) is 1. The molecule has 0 unspecified atom stereocenters. The van der Waals surface area contributed by atoms with Gasteiger partial charge < -0.3 is 18.9 Å². The van der Waals surface area contributed by atoms with Gasteiger partial charge in [0.05, 0.1) is 27.7 Å². The van der Waals surface area contributed by atoms with Crippen LogP contribution in [0.3, 0.4) is 0 Å². The summed E-state index contributed by atoms with van der Waals surface area (Å²) in [6.45, 7) is 7.09. The molecule has 0 radical (unpaired) electrons. The van der Waals surface area contributed by atoms with E-state index in [2.05, 4.69) is 33.0 Å². The SMILES string of the molecule is C=C(C)C(=O)NCCC[N+](C)(C)C.O=S([O-])[O-]. The number of nitrogens with one attached hydrogen (secondary N) is 1. The first-order chi connectivity index (χ1) is 7.56. The minimum Gasteiger partial charge on any atom is -0.784 e. The maximum Gasteiger partial charge on any atom is 0.246 e. The smallest absolute Gasteiger partial charge is 0.246 e. The van der Waals surface area contributed by atoms with Crippen LogP contribution >= 0.6 is 0 Å². The lowest BCUT2D eigenvalue weighted by molar-refractivity contribution is -0.870. The van der Waals surface area contributed by atoms with Crippen LogP contribution in [0, 0.1) is 0 Å². The zero-order valence-electron chi connectivity index (χ0n) is 10.8. The van der Waals surface area contributed by atoms with E-state index in [9.17, 15) is 4.79 Å². The predicted molar refractivity (Wildman–Crippen MR) is 65.0 cm³/mol. The maximum atomic E-state index is 11.1. The van der Waals surface area contributed by atoms with Crippen molar-refractivity contribution in [2.24, 2.45) is 0 Å². The molecule has 0 aromatic rings. The molecule has 17 heavy (non-hydrogen) atoms. The summed E-state index contributed by atoms with van der Waals surface area (Å²) >= 11 is -3.11. The first-order valence-corrected chi connectivity index (χ1v) is 6.07. The standard InChI is InChI=1S/C10H20N2O.H2O3S/c1-9(2)10(13)11-7-6-8-12(3,4)5;1-4(2)3/h1,6-8H2,2-5H3;(H2,1,2,3)/p-1. The van der Waals surface area contributed by atoms with Crippen LogP contribution in [0.2, 0.25) is 0 Å². The average molecular weight is 265 g/mol. The molecule has 0 spiro atoms. The lowest BCUT2D eigenvalue weighted by atomic mass is 10.3. The van der Waals surface area contributed by atoms with Gasteiger partial charge in [-0.3, -0.25) is 9.00 Å². The van der Waals surface area contributed by atoms with Crippen LogP contribution in [0.1, 0.15) is 13.3 Å². The van der Waals surface area contributed by atoms with Crippen molar-refractivity contribution >= 4 is 17.3 Å². The fraction of sp³-hybridized carbons (Fsp3) is 0.700. The van der Waals surface area contributed by atoms with Crippen molar-refractivity contribution in [1.29, 1.82) is 0 Å². The molecule has 0 saturated heterocycles. The zero-order chi connectivity index (χ0) is 14.1. The van der Waals surface area contributed by atoms with Gasteiger partial charge in [-0.15, -0.1) is 11.4 Å². The molecule has 1 amide bonds. The van der Waals surface area contributed by atoms with Crippen LogP contribution in [-0.2, 0) is 16.2 Å². The lowest BCUT2D eigenvalue weighted by Gasteiger charge is -2.23. The largest absolute Gasteiger partial charge is 0.784 e. The Bertz CT molecular complexity index is 270. The van der Waals surface area contributed by atoms with Crippen molar-refractivity contribution in [3.63, 3.8) is 0 Å². The van der Waals surface area contributed by atoms with E-state index in [1.807, 2.05) is 0 Å². The number of rotatable bonds is 5. The summed E-state index contributed by atoms with van der Waals surface area (Å²) in [6.07, 6.45) is 1.00. The molecule has 0 bridgehead atoms. The van der Waals surface area contributed by atoms with Crippen LogP contribution in [0.25, 0.3) is 0 Å². The first kappa shape index (κ1) is 18.6. The number of quaternary nitrogens is 1. The quantitative estimate of drug-likeness (QED) is 0.322. The van der Waals surface area contributed by atoms with Gasteiger partial charge in [-0.05, 0) is 6.92 Å². The summed E-state index contributed by atoms with van der Waals surface area (Å²) in [7, 11) is 6.42. The van der Waals surface area contributed by atoms with E-state index in [-0.39, 0.29) is 5.91 Å². The Hall–Kier alpha value is -0.760. The third kappa shape index (κ3) is 21.1. The molecule has 0 aliphatic rings. The molecule has 7 heteroatoms. The molecule has 0 rings (SSSR count). The first-order valence-electron chi connectivity index (χ1n) is 5.07. The molecular weight excluding hydrogens is 244 g/mol. The third-order valence-electron chi connectivity index (χ3n) is 1.68. The molecule has 0 heterocycles. The van der Waals surface area contributed by atoms with Crippen LogP contribution in [0.15, 0.2) is 12.2 Å². The van der Waals surface area contributed by atoms with Gasteiger partial charge in [0.15, 0.2) is 0 Å². The van der Waals surface area contributed by atoms with E-state index >= 15 is 0 Å². The second-order valence-electron chi connectivity index (χ2n) is 4.61. The Morgan fingerprint density at radius 1 is 1.35 bits per heavy atom. The highest BCUT2D eigenvalue weighted by Gasteiger charge is 2.06. The molecule has 0 aliphatic heterocycles. The second-order valence-corrected chi connectivity index (χ2v) is 5.02. The summed E-state index contributed by atoms with van der Waals surface area (Å²) in [4.78, 5) is 11.1. The van der Waals surface area contributed by atoms with Gasteiger partial charge in [0, 0.05) is 18.5 Å². The summed E-state index contributed by atoms with van der Waals surface area (Å²) in [5.41, 5.74) is 0.574. The monoisotopic (exact) mass is 265 g/mol. The normalized spacial score (nSPS) is 10.5. The minimum absolute atomic E-state index is 0.0404. The average Bonchev–Trinajstić information content (AvgIpc) is 2.09. The van der Waals surface area contributed by atoms with Gasteiger partial charge in [0.2, 0.25) is 5.91 Å². The summed E-state index contributed by atoms with van der Waals surface area (Å²) in [5, 5.41) is 2.81. The molecule has 1 N–H and O–H groups in total. The van der Waals surface area contributed by atoms with Crippen LogP contribution in [-0.4, -0.2) is 57.9 Å². The Kier molecular flexibility index (Phi) is 10.2. The second kappa shape index (κ2) is 9.29. The van der Waals surface area contributed by atoms with Crippen LogP contribution < -0.4 is 5.32 Å². The van der Waals surface area contributed by atoms with Crippen molar-refractivity contribution in [2.75, 3.05) is 34.2 Å². The number of hydrogen-bond donors (Lipinski definition) is 1. The van der Waals surface area contributed by atoms with Gasteiger partial charge in [-0.25, -0.2) is 0 Å². The van der Waals surface area contributed by atoms with Gasteiger partial charge in [0.1, 0.15) is 0 Å². The number of amides is 1. The third-order valence-corrected chi connectivity index (χ3v) is 1.68. The summed E-state index contributed by atoms with van der Waals surface area (Å²) < 4.78 is 26.3. The predicted octanol–water partition coefficient (Wildman–Crippen LogP) is -0.229. The van der Waals surface area contributed by atoms with Crippen molar-refractivity contribution < 1.29 is 22.6 Å². The highest BCUT2D eigenvalue weighted by atomic mass is 32.2. The lowest BCUT2D eigenvalue weighted by Crippen LogP contribution is -2.37. The topological polar surface area (TPSA) is 92.3 Å². The fourth-order valence-corrected chi connectivity index (χ4v) is 0.906. The number of carbonyl (C=O) groups is 1. The van der Waals surface area contributed by atoms with Crippen LogP contribution in [0.4, 0.5) is 0 Å². The van der Waals surface area contributed by atoms with Crippen molar-refractivity contribution in [2.45, 2.75) is 13.3 Å². The molecule has 6 nitrogen and oxygen atoms in total. The van der Waals surface area contributed by atoms with Crippen molar-refractivity contribution in [3.05, 3.63) is 12.2 Å². The minimum atomic E-state index is -3.11. The molecule has 102 valence electrons. The molecule has 0 atom stereocenters. The zero-order valence-corrected chi connectivity index (χ0v) is 11.6. The molecule has 0 fully saturated rings.